The highest BCUT2D eigenvalue weighted by Gasteiger charge is 2.19. The molecule has 0 aliphatic carbocycles. The van der Waals surface area contributed by atoms with Crippen molar-refractivity contribution in [2.24, 2.45) is 0 Å². The van der Waals surface area contributed by atoms with E-state index in [4.69, 9.17) is 4.74 Å². The lowest BCUT2D eigenvalue weighted by molar-refractivity contribution is 0.0285. The van der Waals surface area contributed by atoms with Gasteiger partial charge in [-0.05, 0) is 44.9 Å². The van der Waals surface area contributed by atoms with Crippen LogP contribution < -0.4 is 0 Å². The van der Waals surface area contributed by atoms with Crippen molar-refractivity contribution in [1.29, 1.82) is 0 Å². The van der Waals surface area contributed by atoms with Gasteiger partial charge in [-0.3, -0.25) is 0 Å². The molecule has 4 heteroatoms. The van der Waals surface area contributed by atoms with Crippen LogP contribution in [-0.2, 0) is 11.3 Å². The third-order valence-corrected chi connectivity index (χ3v) is 2.36. The Morgan fingerprint density at radius 3 is 2.50 bits per heavy atom. The molecule has 3 nitrogen and oxygen atoms in total. The number of carbonyl (C=O) groups is 1. The van der Waals surface area contributed by atoms with Crippen LogP contribution in [0.1, 0.15) is 31.9 Å². The monoisotopic (exact) mass is 253 g/mol. The highest BCUT2D eigenvalue weighted by Crippen LogP contribution is 2.13. The predicted octanol–water partition coefficient (Wildman–Crippen LogP) is 3.50. The average Bonchev–Trinajstić information content (AvgIpc) is 2.21. The first-order valence-corrected chi connectivity index (χ1v) is 5.88. The summed E-state index contributed by atoms with van der Waals surface area (Å²) in [5, 5.41) is 0. The van der Waals surface area contributed by atoms with Gasteiger partial charge in [0, 0.05) is 13.6 Å². The van der Waals surface area contributed by atoms with Crippen LogP contribution in [0.15, 0.2) is 18.2 Å². The molecule has 1 rings (SSSR count). The number of nitrogens with zero attached hydrogens (tertiary/aromatic N) is 1. The summed E-state index contributed by atoms with van der Waals surface area (Å²) in [5.41, 5.74) is 0.814. The molecule has 0 aliphatic rings. The van der Waals surface area contributed by atoms with Crippen molar-refractivity contribution >= 4 is 6.09 Å². The first kappa shape index (κ1) is 14.5. The number of hydrogen-bond acceptors (Lipinski definition) is 2. The fourth-order valence-electron chi connectivity index (χ4n) is 1.41. The molecule has 0 saturated heterocycles. The fourth-order valence-corrected chi connectivity index (χ4v) is 1.41. The molecule has 1 aromatic carbocycles. The Hall–Kier alpha value is -1.58. The molecular weight excluding hydrogens is 233 g/mol. The van der Waals surface area contributed by atoms with Crippen molar-refractivity contribution < 1.29 is 13.9 Å². The third-order valence-electron chi connectivity index (χ3n) is 2.36. The Bertz CT molecular complexity index is 438. The van der Waals surface area contributed by atoms with Crippen LogP contribution in [0.3, 0.4) is 0 Å². The van der Waals surface area contributed by atoms with Gasteiger partial charge in [-0.2, -0.15) is 0 Å². The molecular formula is C14H20FNO2. The standard InChI is InChI=1S/C14H20FNO2/c1-10-6-7-11(8-12(10)15)9-16(5)13(17)18-14(2,3)4/h6-8H,9H2,1-5H3. The molecule has 0 atom stereocenters. The van der Waals surface area contributed by atoms with Gasteiger partial charge in [0.1, 0.15) is 11.4 Å². The summed E-state index contributed by atoms with van der Waals surface area (Å²) in [5.74, 6) is -0.259. The Morgan fingerprint density at radius 1 is 1.39 bits per heavy atom. The Balaban J connectivity index is 2.66. The molecule has 0 unspecified atom stereocenters. The minimum atomic E-state index is -0.524. The molecule has 0 aromatic heterocycles. The quantitative estimate of drug-likeness (QED) is 0.807. The third kappa shape index (κ3) is 4.35. The van der Waals surface area contributed by atoms with Crippen molar-refractivity contribution in [2.45, 2.75) is 39.8 Å². The first-order valence-electron chi connectivity index (χ1n) is 5.88. The van der Waals surface area contributed by atoms with Crippen LogP contribution in [0, 0.1) is 12.7 Å². The summed E-state index contributed by atoms with van der Waals surface area (Å²) in [4.78, 5) is 13.2. The van der Waals surface area contributed by atoms with Gasteiger partial charge in [-0.1, -0.05) is 12.1 Å². The zero-order valence-electron chi connectivity index (χ0n) is 11.6. The number of rotatable bonds is 2. The number of carbonyl (C=O) groups excluding carboxylic acids is 1. The first-order chi connectivity index (χ1) is 8.19. The molecule has 0 spiro atoms. The molecule has 0 N–H and O–H groups in total. The number of amides is 1. The number of aryl methyl sites for hydroxylation is 1. The molecule has 18 heavy (non-hydrogen) atoms. The van der Waals surface area contributed by atoms with E-state index < -0.39 is 11.7 Å². The van der Waals surface area contributed by atoms with E-state index in [0.29, 0.717) is 12.1 Å². The molecule has 1 aromatic rings. The van der Waals surface area contributed by atoms with Crippen LogP contribution in [0.2, 0.25) is 0 Å². The van der Waals surface area contributed by atoms with Gasteiger partial charge in [-0.25, -0.2) is 9.18 Å². The summed E-state index contributed by atoms with van der Waals surface area (Å²) in [6.07, 6.45) is -0.413. The van der Waals surface area contributed by atoms with E-state index >= 15 is 0 Å². The van der Waals surface area contributed by atoms with Gasteiger partial charge in [0.05, 0.1) is 0 Å². The van der Waals surface area contributed by atoms with Gasteiger partial charge in [-0.15, -0.1) is 0 Å². The zero-order chi connectivity index (χ0) is 13.9. The van der Waals surface area contributed by atoms with E-state index in [2.05, 4.69) is 0 Å². The van der Waals surface area contributed by atoms with Crippen molar-refractivity contribution in [3.63, 3.8) is 0 Å². The lowest BCUT2D eigenvalue weighted by atomic mass is 10.1. The van der Waals surface area contributed by atoms with E-state index in [9.17, 15) is 9.18 Å². The maximum Gasteiger partial charge on any atom is 0.410 e. The van der Waals surface area contributed by atoms with E-state index in [1.165, 1.54) is 11.0 Å². The maximum atomic E-state index is 13.4. The van der Waals surface area contributed by atoms with E-state index in [-0.39, 0.29) is 5.82 Å². The lowest BCUT2D eigenvalue weighted by Gasteiger charge is -2.24. The average molecular weight is 253 g/mol. The molecule has 0 fully saturated rings. The van der Waals surface area contributed by atoms with Gasteiger partial charge < -0.3 is 9.64 Å². The molecule has 0 bridgehead atoms. The molecule has 0 aliphatic heterocycles. The largest absolute Gasteiger partial charge is 0.444 e. The number of halogens is 1. The molecule has 100 valence electrons. The summed E-state index contributed by atoms with van der Waals surface area (Å²) in [6, 6.07) is 4.95. The SMILES string of the molecule is Cc1ccc(CN(C)C(=O)OC(C)(C)C)cc1F. The summed E-state index contributed by atoms with van der Waals surface area (Å²) >= 11 is 0. The van der Waals surface area contributed by atoms with Crippen LogP contribution in [-0.4, -0.2) is 23.6 Å². The maximum absolute atomic E-state index is 13.4. The van der Waals surface area contributed by atoms with Crippen molar-refractivity contribution in [2.75, 3.05) is 7.05 Å². The Kier molecular flexibility index (Phi) is 4.33. The minimum absolute atomic E-state index is 0.259. The van der Waals surface area contributed by atoms with Crippen molar-refractivity contribution in [3.8, 4) is 0 Å². The molecule has 1 amide bonds. The van der Waals surface area contributed by atoms with Gasteiger partial charge in [0.2, 0.25) is 0 Å². The van der Waals surface area contributed by atoms with Gasteiger partial charge in [0.15, 0.2) is 0 Å². The molecule has 0 heterocycles. The normalized spacial score (nSPS) is 11.2. The van der Waals surface area contributed by atoms with E-state index in [0.717, 1.165) is 5.56 Å². The molecule has 0 saturated carbocycles. The number of hydrogen-bond donors (Lipinski definition) is 0. The Morgan fingerprint density at radius 2 is 2.00 bits per heavy atom. The highest BCUT2D eigenvalue weighted by molar-refractivity contribution is 5.67. The van der Waals surface area contributed by atoms with Gasteiger partial charge >= 0.3 is 6.09 Å². The second kappa shape index (κ2) is 5.38. The summed E-state index contributed by atoms with van der Waals surface area (Å²) in [6.45, 7) is 7.46. The fraction of sp³-hybridized carbons (Fsp3) is 0.500. The lowest BCUT2D eigenvalue weighted by Crippen LogP contribution is -2.33. The predicted molar refractivity (Wildman–Crippen MR) is 68.8 cm³/mol. The topological polar surface area (TPSA) is 29.5 Å². The van der Waals surface area contributed by atoms with E-state index in [1.54, 1.807) is 26.1 Å². The van der Waals surface area contributed by atoms with Gasteiger partial charge in [0.25, 0.3) is 0 Å². The smallest absolute Gasteiger partial charge is 0.410 e. The zero-order valence-corrected chi connectivity index (χ0v) is 11.6. The number of benzene rings is 1. The van der Waals surface area contributed by atoms with Crippen molar-refractivity contribution in [3.05, 3.63) is 35.1 Å². The van der Waals surface area contributed by atoms with Crippen LogP contribution >= 0.6 is 0 Å². The molecule has 0 radical (unpaired) electrons. The van der Waals surface area contributed by atoms with Crippen LogP contribution in [0.4, 0.5) is 9.18 Å². The Labute approximate surface area is 108 Å². The second-order valence-electron chi connectivity index (χ2n) is 5.42. The van der Waals surface area contributed by atoms with Crippen molar-refractivity contribution in [1.82, 2.24) is 4.90 Å². The summed E-state index contributed by atoms with van der Waals surface area (Å²) in [7, 11) is 1.63. The van der Waals surface area contributed by atoms with Crippen LogP contribution in [0.25, 0.3) is 0 Å². The highest BCUT2D eigenvalue weighted by atomic mass is 19.1. The minimum Gasteiger partial charge on any atom is -0.444 e. The summed E-state index contributed by atoms with van der Waals surface area (Å²) < 4.78 is 18.6. The number of ether oxygens (including phenoxy) is 1. The van der Waals surface area contributed by atoms with E-state index in [1.807, 2.05) is 20.8 Å². The van der Waals surface area contributed by atoms with Crippen LogP contribution in [0.5, 0.6) is 0 Å². The second-order valence-corrected chi connectivity index (χ2v) is 5.42.